The number of allylic oxidation sites excluding steroid dienone is 1. The lowest BCUT2D eigenvalue weighted by Gasteiger charge is -2.30. The number of hydrogen-bond acceptors (Lipinski definition) is 5. The summed E-state index contributed by atoms with van der Waals surface area (Å²) >= 11 is 5.22. The molecule has 1 heterocycles. The molecule has 1 amide bonds. The van der Waals surface area contributed by atoms with Crippen LogP contribution in [0.3, 0.4) is 0 Å². The highest BCUT2D eigenvalue weighted by molar-refractivity contribution is 7.80. The number of carbonyl (C=O) groups is 2. The molecule has 1 aromatic rings. The Morgan fingerprint density at radius 3 is 2.50 bits per heavy atom. The molecule has 0 aliphatic carbocycles. The second kappa shape index (κ2) is 8.66. The topological polar surface area (TPSA) is 103 Å². The number of nitrogens with one attached hydrogen (secondary N) is 2. The minimum Gasteiger partial charge on any atom is -0.484 e. The van der Waals surface area contributed by atoms with Crippen LogP contribution >= 0.6 is 12.2 Å². The average molecular weight is 377 g/mol. The molecule has 1 aromatic carbocycles. The summed E-state index contributed by atoms with van der Waals surface area (Å²) in [5.41, 5.74) is 7.01. The van der Waals surface area contributed by atoms with E-state index in [4.69, 9.17) is 27.4 Å². The van der Waals surface area contributed by atoms with Crippen molar-refractivity contribution in [3.8, 4) is 5.75 Å². The molecule has 0 fully saturated rings. The van der Waals surface area contributed by atoms with Gasteiger partial charge in [0.15, 0.2) is 11.7 Å². The van der Waals surface area contributed by atoms with E-state index in [1.165, 1.54) is 0 Å². The molecule has 0 saturated carbocycles. The zero-order valence-electron chi connectivity index (χ0n) is 15.0. The fourth-order valence-electron chi connectivity index (χ4n) is 2.45. The maximum Gasteiger partial charge on any atom is 0.338 e. The molecule has 140 valence electrons. The monoisotopic (exact) mass is 377 g/mol. The van der Waals surface area contributed by atoms with Crippen LogP contribution in [-0.2, 0) is 14.3 Å². The largest absolute Gasteiger partial charge is 0.484 e. The Hall–Kier alpha value is -2.61. The second-order valence-corrected chi connectivity index (χ2v) is 6.79. The quantitative estimate of drug-likeness (QED) is 0.489. The number of ether oxygens (including phenoxy) is 2. The highest BCUT2D eigenvalue weighted by Gasteiger charge is 2.31. The Labute approximate surface area is 157 Å². The number of primary amides is 1. The van der Waals surface area contributed by atoms with E-state index in [-0.39, 0.29) is 12.5 Å². The molecule has 1 aliphatic heterocycles. The molecule has 0 saturated heterocycles. The summed E-state index contributed by atoms with van der Waals surface area (Å²) in [7, 11) is 0. The molecule has 8 heteroatoms. The van der Waals surface area contributed by atoms with Crippen molar-refractivity contribution < 1.29 is 19.1 Å². The minimum absolute atomic E-state index is 0.194. The van der Waals surface area contributed by atoms with Gasteiger partial charge in [-0.3, -0.25) is 4.79 Å². The van der Waals surface area contributed by atoms with Crippen LogP contribution in [0.15, 0.2) is 35.5 Å². The van der Waals surface area contributed by atoms with Gasteiger partial charge in [0.25, 0.3) is 5.91 Å². The number of amides is 1. The smallest absolute Gasteiger partial charge is 0.338 e. The van der Waals surface area contributed by atoms with E-state index in [1.807, 2.05) is 13.8 Å². The van der Waals surface area contributed by atoms with E-state index >= 15 is 0 Å². The Balaban J connectivity index is 2.23. The van der Waals surface area contributed by atoms with Crippen LogP contribution in [0, 0.1) is 5.92 Å². The Morgan fingerprint density at radius 2 is 1.92 bits per heavy atom. The molecular weight excluding hydrogens is 354 g/mol. The third-order valence-corrected chi connectivity index (χ3v) is 3.85. The number of thiocarbonyl (C=S) groups is 1. The normalized spacial score (nSPS) is 16.8. The lowest BCUT2D eigenvalue weighted by atomic mass is 9.95. The first kappa shape index (κ1) is 19.7. The van der Waals surface area contributed by atoms with Crippen LogP contribution in [-0.4, -0.2) is 30.2 Å². The fourth-order valence-corrected chi connectivity index (χ4v) is 2.72. The molecule has 0 radical (unpaired) electrons. The van der Waals surface area contributed by atoms with Gasteiger partial charge in [0, 0.05) is 5.70 Å². The van der Waals surface area contributed by atoms with Crippen molar-refractivity contribution in [2.45, 2.75) is 26.8 Å². The van der Waals surface area contributed by atoms with Gasteiger partial charge in [-0.15, -0.1) is 0 Å². The van der Waals surface area contributed by atoms with E-state index in [0.29, 0.717) is 28.7 Å². The van der Waals surface area contributed by atoms with Crippen LogP contribution in [0.5, 0.6) is 5.75 Å². The standard InChI is InChI=1S/C18H23N3O4S/c1-10(2)8-25-17(23)15-11(3)20-18(26)21-16(15)12-4-6-13(7-5-12)24-9-14(19)22/h4-7,10,16H,8-9H2,1-3H3,(H2,19,22)(H2,20,21,26)/t16-/m0/s1. The Morgan fingerprint density at radius 1 is 1.27 bits per heavy atom. The summed E-state index contributed by atoms with van der Waals surface area (Å²) < 4.78 is 10.6. The van der Waals surface area contributed by atoms with E-state index in [0.717, 1.165) is 5.56 Å². The summed E-state index contributed by atoms with van der Waals surface area (Å²) in [6.07, 6.45) is 0. The average Bonchev–Trinajstić information content (AvgIpc) is 2.57. The zero-order chi connectivity index (χ0) is 19.3. The Bertz CT molecular complexity index is 728. The molecule has 0 bridgehead atoms. The van der Waals surface area contributed by atoms with Crippen molar-refractivity contribution >= 4 is 29.2 Å². The van der Waals surface area contributed by atoms with Crippen molar-refractivity contribution in [1.29, 1.82) is 0 Å². The van der Waals surface area contributed by atoms with Crippen molar-refractivity contribution in [2.75, 3.05) is 13.2 Å². The third-order valence-electron chi connectivity index (χ3n) is 3.63. The third kappa shape index (κ3) is 5.19. The predicted molar refractivity (Wildman–Crippen MR) is 101 cm³/mol. The van der Waals surface area contributed by atoms with Gasteiger partial charge in [-0.05, 0) is 42.8 Å². The van der Waals surface area contributed by atoms with Crippen LogP contribution in [0.4, 0.5) is 0 Å². The molecule has 7 nitrogen and oxygen atoms in total. The van der Waals surface area contributed by atoms with Gasteiger partial charge in [0.1, 0.15) is 5.75 Å². The van der Waals surface area contributed by atoms with E-state index in [9.17, 15) is 9.59 Å². The first-order valence-corrected chi connectivity index (χ1v) is 8.65. The maximum absolute atomic E-state index is 12.6. The van der Waals surface area contributed by atoms with Gasteiger partial charge >= 0.3 is 5.97 Å². The molecule has 4 N–H and O–H groups in total. The van der Waals surface area contributed by atoms with Crippen molar-refractivity contribution in [1.82, 2.24) is 10.6 Å². The molecule has 0 aromatic heterocycles. The lowest BCUT2D eigenvalue weighted by molar-refractivity contribution is -0.140. The fraction of sp³-hybridized carbons (Fsp3) is 0.389. The van der Waals surface area contributed by atoms with Crippen LogP contribution in [0.2, 0.25) is 0 Å². The van der Waals surface area contributed by atoms with Gasteiger partial charge in [-0.2, -0.15) is 0 Å². The summed E-state index contributed by atoms with van der Waals surface area (Å²) in [5.74, 6) is -0.190. The number of rotatable bonds is 7. The molecular formula is C18H23N3O4S. The van der Waals surface area contributed by atoms with Gasteiger partial charge < -0.3 is 25.8 Å². The number of esters is 1. The number of hydrogen-bond donors (Lipinski definition) is 3. The lowest BCUT2D eigenvalue weighted by Crippen LogP contribution is -2.45. The Kier molecular flexibility index (Phi) is 6.57. The van der Waals surface area contributed by atoms with Gasteiger partial charge in [0.05, 0.1) is 18.2 Å². The second-order valence-electron chi connectivity index (χ2n) is 6.39. The first-order valence-electron chi connectivity index (χ1n) is 8.24. The van der Waals surface area contributed by atoms with Crippen molar-refractivity contribution in [3.63, 3.8) is 0 Å². The van der Waals surface area contributed by atoms with Gasteiger partial charge in [0.2, 0.25) is 0 Å². The predicted octanol–water partition coefficient (Wildman–Crippen LogP) is 1.54. The maximum atomic E-state index is 12.6. The number of nitrogens with two attached hydrogens (primary N) is 1. The molecule has 0 unspecified atom stereocenters. The molecule has 26 heavy (non-hydrogen) atoms. The number of carbonyl (C=O) groups excluding carboxylic acids is 2. The zero-order valence-corrected chi connectivity index (χ0v) is 15.8. The summed E-state index contributed by atoms with van der Waals surface area (Å²) in [6, 6.07) is 6.57. The van der Waals surface area contributed by atoms with E-state index < -0.39 is 17.9 Å². The number of benzene rings is 1. The van der Waals surface area contributed by atoms with E-state index in [2.05, 4.69) is 10.6 Å². The highest BCUT2D eigenvalue weighted by Crippen LogP contribution is 2.29. The molecule has 1 atom stereocenters. The van der Waals surface area contributed by atoms with Gasteiger partial charge in [-0.25, -0.2) is 4.79 Å². The van der Waals surface area contributed by atoms with Crippen LogP contribution in [0.25, 0.3) is 0 Å². The molecule has 0 spiro atoms. The highest BCUT2D eigenvalue weighted by atomic mass is 32.1. The summed E-state index contributed by atoms with van der Waals surface area (Å²) in [6.45, 7) is 5.89. The molecule has 1 aliphatic rings. The van der Waals surface area contributed by atoms with Crippen molar-refractivity contribution in [3.05, 3.63) is 41.1 Å². The van der Waals surface area contributed by atoms with Crippen molar-refractivity contribution in [2.24, 2.45) is 11.7 Å². The SMILES string of the molecule is CC1=C(C(=O)OCC(C)C)[C@H](c2ccc(OCC(N)=O)cc2)NC(=S)N1. The summed E-state index contributed by atoms with van der Waals surface area (Å²) in [4.78, 5) is 23.4. The minimum atomic E-state index is -0.548. The van der Waals surface area contributed by atoms with E-state index in [1.54, 1.807) is 31.2 Å². The molecule has 2 rings (SSSR count). The summed E-state index contributed by atoms with van der Waals surface area (Å²) in [5, 5.41) is 6.50. The van der Waals surface area contributed by atoms with Crippen LogP contribution in [0.1, 0.15) is 32.4 Å². The van der Waals surface area contributed by atoms with Crippen LogP contribution < -0.4 is 21.1 Å². The first-order chi connectivity index (χ1) is 12.3. The van der Waals surface area contributed by atoms with Gasteiger partial charge in [-0.1, -0.05) is 26.0 Å².